The fourth-order valence-electron chi connectivity index (χ4n) is 2.83. The Morgan fingerprint density at radius 3 is 2.56 bits per heavy atom. The monoisotopic (exact) mass is 394 g/mol. The summed E-state index contributed by atoms with van der Waals surface area (Å²) in [6.07, 6.45) is 3.24. The second-order valence-electron chi connectivity index (χ2n) is 6.31. The molecule has 0 spiro atoms. The lowest BCUT2D eigenvalue weighted by atomic mass is 10.2. The first-order chi connectivity index (χ1) is 13.0. The van der Waals surface area contributed by atoms with Crippen LogP contribution in [0, 0.1) is 5.82 Å². The minimum absolute atomic E-state index is 0.00556. The summed E-state index contributed by atoms with van der Waals surface area (Å²) in [6.45, 7) is 3.88. The van der Waals surface area contributed by atoms with Crippen molar-refractivity contribution in [3.63, 3.8) is 0 Å². The van der Waals surface area contributed by atoms with E-state index in [0.29, 0.717) is 36.6 Å². The topological polar surface area (TPSA) is 84.4 Å². The molecule has 27 heavy (non-hydrogen) atoms. The molecular weight excluding hydrogens is 371 g/mol. The largest absolute Gasteiger partial charge is 0.368 e. The third-order valence-corrected chi connectivity index (χ3v) is 6.13. The lowest BCUT2D eigenvalue weighted by Crippen LogP contribution is -2.35. The number of rotatable bonds is 7. The number of nitrogens with one attached hydrogen (secondary N) is 1. The van der Waals surface area contributed by atoms with Crippen molar-refractivity contribution in [1.29, 1.82) is 0 Å². The van der Waals surface area contributed by atoms with Crippen molar-refractivity contribution in [3.8, 4) is 0 Å². The Kier molecular flexibility index (Phi) is 6.35. The molecule has 0 amide bonds. The predicted octanol–water partition coefficient (Wildman–Crippen LogP) is 2.02. The van der Waals surface area contributed by atoms with E-state index >= 15 is 0 Å². The molecule has 2 aromatic rings. The quantitative estimate of drug-likeness (QED) is 0.774. The number of halogens is 1. The molecule has 1 fully saturated rings. The van der Waals surface area contributed by atoms with Gasteiger partial charge in [0.2, 0.25) is 10.0 Å². The normalized spacial score (nSPS) is 17.6. The first kappa shape index (κ1) is 19.7. The third-order valence-electron chi connectivity index (χ3n) is 4.20. The van der Waals surface area contributed by atoms with Crippen molar-refractivity contribution in [2.75, 3.05) is 29.8 Å². The number of hydrogen-bond acceptors (Lipinski definition) is 6. The van der Waals surface area contributed by atoms with E-state index < -0.39 is 10.0 Å². The lowest BCUT2D eigenvalue weighted by Gasteiger charge is -2.25. The van der Waals surface area contributed by atoms with Gasteiger partial charge in [0.25, 0.3) is 0 Å². The minimum Gasteiger partial charge on any atom is -0.368 e. The van der Waals surface area contributed by atoms with Crippen molar-refractivity contribution in [2.45, 2.75) is 26.0 Å². The Morgan fingerprint density at radius 2 is 1.96 bits per heavy atom. The number of nitrogens with zero attached hydrogens (tertiary/aromatic N) is 3. The molecule has 1 N–H and O–H groups in total. The Bertz CT molecular complexity index is 838. The second-order valence-corrected chi connectivity index (χ2v) is 8.32. The maximum absolute atomic E-state index is 13.2. The highest BCUT2D eigenvalue weighted by Crippen LogP contribution is 2.22. The van der Waals surface area contributed by atoms with Gasteiger partial charge in [-0.25, -0.2) is 22.8 Å². The predicted molar refractivity (Wildman–Crippen MR) is 100 cm³/mol. The van der Waals surface area contributed by atoms with Crippen LogP contribution in [-0.4, -0.2) is 43.8 Å². The first-order valence-electron chi connectivity index (χ1n) is 8.88. The van der Waals surface area contributed by atoms with E-state index in [1.165, 1.54) is 28.8 Å². The van der Waals surface area contributed by atoms with E-state index in [-0.39, 0.29) is 24.2 Å². The van der Waals surface area contributed by atoms with Gasteiger partial charge in [-0.15, -0.1) is 0 Å². The van der Waals surface area contributed by atoms with Gasteiger partial charge in [-0.05, 0) is 24.1 Å². The third kappa shape index (κ3) is 5.00. The number of anilines is 1. The van der Waals surface area contributed by atoms with Gasteiger partial charge in [0.05, 0.1) is 37.0 Å². The van der Waals surface area contributed by atoms with Gasteiger partial charge in [0.1, 0.15) is 11.9 Å². The van der Waals surface area contributed by atoms with Crippen LogP contribution in [0.3, 0.4) is 0 Å². The molecule has 1 aromatic carbocycles. The fraction of sp³-hybridized carbons (Fsp3) is 0.444. The zero-order valence-electron chi connectivity index (χ0n) is 15.1. The lowest BCUT2D eigenvalue weighted by molar-refractivity contribution is 0.0221. The maximum Gasteiger partial charge on any atom is 0.235 e. The number of hydrogen-bond donors (Lipinski definition) is 1. The van der Waals surface area contributed by atoms with E-state index in [1.807, 2.05) is 0 Å². The van der Waals surface area contributed by atoms with Gasteiger partial charge in [-0.3, -0.25) is 4.31 Å². The van der Waals surface area contributed by atoms with E-state index in [9.17, 15) is 12.8 Å². The summed E-state index contributed by atoms with van der Waals surface area (Å²) in [4.78, 5) is 8.62. The molecule has 1 atom stereocenters. The first-order valence-corrected chi connectivity index (χ1v) is 10.5. The standard InChI is InChI=1S/C18H23FN4O3S/c1-2-9-27(24,25)23(13-14-3-5-15(19)6-4-14)16-10-21-18(22-11-16)17-12-20-7-8-26-17/h3-6,10-11,17,20H,2,7-9,12-13H2,1H3. The maximum atomic E-state index is 13.2. The molecule has 0 aliphatic carbocycles. The molecule has 1 unspecified atom stereocenters. The summed E-state index contributed by atoms with van der Waals surface area (Å²) in [6, 6.07) is 5.76. The molecule has 0 bridgehead atoms. The van der Waals surface area contributed by atoms with Gasteiger partial charge in [-0.1, -0.05) is 19.1 Å². The molecule has 7 nitrogen and oxygen atoms in total. The molecule has 1 aliphatic heterocycles. The van der Waals surface area contributed by atoms with E-state index in [4.69, 9.17) is 4.74 Å². The van der Waals surface area contributed by atoms with Crippen molar-refractivity contribution in [1.82, 2.24) is 15.3 Å². The smallest absolute Gasteiger partial charge is 0.235 e. The number of aromatic nitrogens is 2. The van der Waals surface area contributed by atoms with Crippen LogP contribution >= 0.6 is 0 Å². The molecule has 2 heterocycles. The van der Waals surface area contributed by atoms with Gasteiger partial charge >= 0.3 is 0 Å². The molecule has 0 saturated carbocycles. The molecule has 3 rings (SSSR count). The number of morpholine rings is 1. The Hall–Kier alpha value is -2.10. The second kappa shape index (κ2) is 8.73. The number of benzene rings is 1. The fourth-order valence-corrected chi connectivity index (χ4v) is 4.33. The highest BCUT2D eigenvalue weighted by Gasteiger charge is 2.24. The van der Waals surface area contributed by atoms with Crippen LogP contribution in [-0.2, 0) is 21.3 Å². The molecule has 1 aliphatic rings. The van der Waals surface area contributed by atoms with Gasteiger partial charge in [0, 0.05) is 13.1 Å². The molecule has 1 aromatic heterocycles. The summed E-state index contributed by atoms with van der Waals surface area (Å²) < 4.78 is 45.5. The van der Waals surface area contributed by atoms with Crippen LogP contribution in [0.4, 0.5) is 10.1 Å². The van der Waals surface area contributed by atoms with Crippen molar-refractivity contribution >= 4 is 15.7 Å². The summed E-state index contributed by atoms with van der Waals surface area (Å²) in [7, 11) is -3.56. The van der Waals surface area contributed by atoms with Crippen LogP contribution in [0.5, 0.6) is 0 Å². The van der Waals surface area contributed by atoms with Crippen LogP contribution in [0.25, 0.3) is 0 Å². The van der Waals surface area contributed by atoms with Crippen molar-refractivity contribution in [2.24, 2.45) is 0 Å². The van der Waals surface area contributed by atoms with E-state index in [0.717, 1.165) is 6.54 Å². The minimum atomic E-state index is -3.56. The Balaban J connectivity index is 1.86. The molecule has 146 valence electrons. The highest BCUT2D eigenvalue weighted by atomic mass is 32.2. The average molecular weight is 394 g/mol. The van der Waals surface area contributed by atoms with Crippen LogP contribution in [0.1, 0.15) is 30.8 Å². The zero-order valence-corrected chi connectivity index (χ0v) is 16.0. The van der Waals surface area contributed by atoms with Crippen molar-refractivity contribution in [3.05, 3.63) is 53.9 Å². The molecule has 0 radical (unpaired) electrons. The zero-order chi connectivity index (χ0) is 19.3. The van der Waals surface area contributed by atoms with Crippen LogP contribution in [0.15, 0.2) is 36.7 Å². The molecule has 1 saturated heterocycles. The van der Waals surface area contributed by atoms with Crippen molar-refractivity contribution < 1.29 is 17.5 Å². The van der Waals surface area contributed by atoms with Crippen LogP contribution in [0.2, 0.25) is 0 Å². The Labute approximate surface area is 158 Å². The summed E-state index contributed by atoms with van der Waals surface area (Å²) in [5.74, 6) is 0.155. The molecule has 9 heteroatoms. The van der Waals surface area contributed by atoms with Crippen LogP contribution < -0.4 is 9.62 Å². The summed E-state index contributed by atoms with van der Waals surface area (Å²) in [5, 5.41) is 3.21. The highest BCUT2D eigenvalue weighted by molar-refractivity contribution is 7.92. The summed E-state index contributed by atoms with van der Waals surface area (Å²) in [5.41, 5.74) is 1.06. The number of ether oxygens (including phenoxy) is 1. The van der Waals surface area contributed by atoms with Gasteiger partial charge in [-0.2, -0.15) is 0 Å². The van der Waals surface area contributed by atoms with Gasteiger partial charge in [0.15, 0.2) is 5.82 Å². The average Bonchev–Trinajstić information content (AvgIpc) is 2.68. The van der Waals surface area contributed by atoms with E-state index in [1.54, 1.807) is 19.1 Å². The molecular formula is C18H23FN4O3S. The van der Waals surface area contributed by atoms with E-state index in [2.05, 4.69) is 15.3 Å². The van der Waals surface area contributed by atoms with Gasteiger partial charge < -0.3 is 10.1 Å². The number of sulfonamides is 1. The SMILES string of the molecule is CCCS(=O)(=O)N(Cc1ccc(F)cc1)c1cnc(C2CNCCO2)nc1. The Morgan fingerprint density at radius 1 is 1.26 bits per heavy atom. The summed E-state index contributed by atoms with van der Waals surface area (Å²) >= 11 is 0.